The van der Waals surface area contributed by atoms with Crippen LogP contribution in [-0.2, 0) is 4.84 Å². The third kappa shape index (κ3) is 4.20. The fourth-order valence-corrected chi connectivity index (χ4v) is 0.293. The summed E-state index contributed by atoms with van der Waals surface area (Å²) < 4.78 is 0. The Labute approximate surface area is 64.0 Å². The first-order valence-electron chi connectivity index (χ1n) is 2.60. The van der Waals surface area contributed by atoms with E-state index in [0.717, 1.165) is 0 Å². The lowest BCUT2D eigenvalue weighted by molar-refractivity contribution is 0.152. The van der Waals surface area contributed by atoms with Gasteiger partial charge in [0.25, 0.3) is 0 Å². The van der Waals surface area contributed by atoms with Crippen LogP contribution in [0, 0.1) is 0 Å². The van der Waals surface area contributed by atoms with E-state index in [1.165, 1.54) is 18.8 Å². The Morgan fingerprint density at radius 1 is 1.60 bits per heavy atom. The van der Waals surface area contributed by atoms with E-state index >= 15 is 0 Å². The van der Waals surface area contributed by atoms with Crippen molar-refractivity contribution in [1.29, 1.82) is 0 Å². The van der Waals surface area contributed by atoms with Crippen molar-refractivity contribution in [3.8, 4) is 0 Å². The highest BCUT2D eigenvalue weighted by Crippen LogP contribution is 1.96. The lowest BCUT2D eigenvalue weighted by atomic mass is 10.9. The quantitative estimate of drug-likeness (QED) is 0.250. The number of carbonyl (C=O) groups is 1. The number of carbonyl (C=O) groups excluding carboxylic acids is 1. The van der Waals surface area contributed by atoms with Gasteiger partial charge >= 0.3 is 6.09 Å². The Kier molecular flexibility index (Phi) is 4.74. The molecule has 0 aliphatic heterocycles. The largest absolute Gasteiger partial charge is 0.454 e. The number of hydrogen-bond acceptors (Lipinski definition) is 4. The van der Waals surface area contributed by atoms with Crippen LogP contribution in [0.4, 0.5) is 4.79 Å². The molecule has 0 aliphatic carbocycles. The van der Waals surface area contributed by atoms with Gasteiger partial charge in [-0.3, -0.25) is 4.84 Å². The Balaban J connectivity index is 3.61. The molecule has 10 heavy (non-hydrogen) atoms. The Hall–Kier alpha value is -0.710. The van der Waals surface area contributed by atoms with Gasteiger partial charge in [-0.1, -0.05) is 5.16 Å². The van der Waals surface area contributed by atoms with E-state index in [2.05, 4.69) is 15.3 Å². The van der Waals surface area contributed by atoms with Gasteiger partial charge in [-0.05, 0) is 13.2 Å². The van der Waals surface area contributed by atoms with Crippen molar-refractivity contribution < 1.29 is 9.63 Å². The third-order valence-corrected chi connectivity index (χ3v) is 1.40. The summed E-state index contributed by atoms with van der Waals surface area (Å²) in [5.74, 6) is 0. The molecule has 0 aromatic carbocycles. The molecule has 0 bridgehead atoms. The monoisotopic (exact) mass is 161 g/mol. The van der Waals surface area contributed by atoms with Gasteiger partial charge in [0.1, 0.15) is 5.04 Å². The average molecular weight is 161 g/mol. The zero-order valence-corrected chi connectivity index (χ0v) is 6.94. The second-order valence-electron chi connectivity index (χ2n) is 1.40. The van der Waals surface area contributed by atoms with Crippen LogP contribution >= 0.6 is 11.8 Å². The molecule has 0 atom stereocenters. The molecule has 0 aliphatic rings. The van der Waals surface area contributed by atoms with Gasteiger partial charge in [-0.25, -0.2) is 10.1 Å². The summed E-state index contributed by atoms with van der Waals surface area (Å²) in [6.07, 6.45) is 1.17. The maximum absolute atomic E-state index is 10.3. The molecule has 0 rings (SSSR count). The molecule has 57 valence electrons. The summed E-state index contributed by atoms with van der Waals surface area (Å²) in [6.45, 7) is 1.74. The van der Waals surface area contributed by atoms with E-state index in [1.54, 1.807) is 6.92 Å². The lowest BCUT2D eigenvalue weighted by Crippen LogP contribution is -2.09. The normalized spacial score (nSPS) is 10.9. The van der Waals surface area contributed by atoms with Gasteiger partial charge in [-0.2, -0.15) is 0 Å². The van der Waals surface area contributed by atoms with Gasteiger partial charge in [0, 0.05) is 7.05 Å². The smallest absolute Gasteiger partial charge is 0.296 e. The molecule has 0 spiro atoms. The highest BCUT2D eigenvalue weighted by molar-refractivity contribution is 8.13. The van der Waals surface area contributed by atoms with Crippen LogP contribution in [0.15, 0.2) is 5.16 Å². The van der Waals surface area contributed by atoms with Crippen molar-refractivity contribution in [2.24, 2.45) is 5.16 Å². The van der Waals surface area contributed by atoms with Crippen molar-refractivity contribution in [2.75, 3.05) is 13.3 Å². The molecule has 1 amide bonds. The Bertz CT molecular complexity index is 147. The first-order chi connectivity index (χ1) is 4.70. The van der Waals surface area contributed by atoms with E-state index in [4.69, 9.17) is 0 Å². The van der Waals surface area contributed by atoms with Gasteiger partial charge in [0.2, 0.25) is 0 Å². The molecule has 0 saturated heterocycles. The minimum atomic E-state index is -0.673. The zero-order chi connectivity index (χ0) is 7.98. The fourth-order valence-electron chi connectivity index (χ4n) is 0.181. The van der Waals surface area contributed by atoms with Gasteiger partial charge in [-0.15, -0.1) is 11.8 Å². The first-order valence-corrected chi connectivity index (χ1v) is 3.82. The van der Waals surface area contributed by atoms with Crippen molar-refractivity contribution in [3.05, 3.63) is 0 Å². The van der Waals surface area contributed by atoms with Crippen LogP contribution in [0.25, 0.3) is 0 Å². The second-order valence-corrected chi connectivity index (χ2v) is 2.39. The standard InChI is InChI=1S/C5H9N2O2S/c1-4(10-3)7-9-5(8)6-2/h1-3H3/b7-4-. The number of rotatable bonds is 1. The summed E-state index contributed by atoms with van der Waals surface area (Å²) in [6, 6.07) is 0. The van der Waals surface area contributed by atoms with E-state index in [9.17, 15) is 4.79 Å². The van der Waals surface area contributed by atoms with Crippen LogP contribution in [0.5, 0.6) is 0 Å². The molecule has 0 N–H and O–H groups in total. The van der Waals surface area contributed by atoms with E-state index in [1.807, 2.05) is 6.26 Å². The molecular formula is C5H9N2O2S. The highest BCUT2D eigenvalue weighted by Gasteiger charge is 1.96. The number of hydrogen-bond donors (Lipinski definition) is 0. The molecule has 5 heteroatoms. The maximum Gasteiger partial charge on any atom is 0.454 e. The van der Waals surface area contributed by atoms with Crippen molar-refractivity contribution in [1.82, 2.24) is 5.32 Å². The van der Waals surface area contributed by atoms with Crippen LogP contribution in [0.3, 0.4) is 0 Å². The Morgan fingerprint density at radius 3 is 2.60 bits per heavy atom. The highest BCUT2D eigenvalue weighted by atomic mass is 32.2. The molecule has 0 unspecified atom stereocenters. The molecular weight excluding hydrogens is 152 g/mol. The Morgan fingerprint density at radius 2 is 2.20 bits per heavy atom. The lowest BCUT2D eigenvalue weighted by Gasteiger charge is -1.93. The minimum Gasteiger partial charge on any atom is -0.296 e. The summed E-state index contributed by atoms with van der Waals surface area (Å²) in [4.78, 5) is 14.6. The van der Waals surface area contributed by atoms with Crippen molar-refractivity contribution in [2.45, 2.75) is 6.92 Å². The van der Waals surface area contributed by atoms with Crippen LogP contribution in [-0.4, -0.2) is 24.4 Å². The third-order valence-electron chi connectivity index (χ3n) is 0.730. The molecule has 0 heterocycles. The van der Waals surface area contributed by atoms with Crippen LogP contribution in [0.1, 0.15) is 6.92 Å². The van der Waals surface area contributed by atoms with Crippen molar-refractivity contribution >= 4 is 22.9 Å². The van der Waals surface area contributed by atoms with E-state index in [0.29, 0.717) is 5.04 Å². The molecule has 0 aromatic heterocycles. The number of nitrogens with zero attached hydrogens (tertiary/aromatic N) is 2. The minimum absolute atomic E-state index is 0.673. The predicted molar refractivity (Wildman–Crippen MR) is 41.2 cm³/mol. The first kappa shape index (κ1) is 9.29. The molecule has 0 aromatic rings. The van der Waals surface area contributed by atoms with Gasteiger partial charge in [0.05, 0.1) is 0 Å². The predicted octanol–water partition coefficient (Wildman–Crippen LogP) is 1.05. The van der Waals surface area contributed by atoms with Crippen LogP contribution < -0.4 is 5.32 Å². The summed E-state index contributed by atoms with van der Waals surface area (Å²) in [5.41, 5.74) is 0. The van der Waals surface area contributed by atoms with E-state index < -0.39 is 6.09 Å². The summed E-state index contributed by atoms with van der Waals surface area (Å²) in [5, 5.41) is 7.36. The molecule has 0 fully saturated rings. The summed E-state index contributed by atoms with van der Waals surface area (Å²) >= 11 is 1.41. The van der Waals surface area contributed by atoms with Gasteiger partial charge in [0.15, 0.2) is 0 Å². The summed E-state index contributed by atoms with van der Waals surface area (Å²) in [7, 11) is 1.35. The molecule has 0 saturated carbocycles. The number of thioether (sulfide) groups is 1. The van der Waals surface area contributed by atoms with Gasteiger partial charge < -0.3 is 0 Å². The molecule has 1 radical (unpaired) electrons. The number of amides is 1. The SMILES string of the molecule is C[N]C(=O)O/N=C(/C)SC. The number of oxime groups is 1. The second kappa shape index (κ2) is 5.10. The zero-order valence-electron chi connectivity index (χ0n) is 6.12. The van der Waals surface area contributed by atoms with Crippen molar-refractivity contribution in [3.63, 3.8) is 0 Å². The van der Waals surface area contributed by atoms with E-state index in [-0.39, 0.29) is 0 Å². The molecule has 4 nitrogen and oxygen atoms in total. The average Bonchev–Trinajstić information content (AvgIpc) is 1.99. The topological polar surface area (TPSA) is 52.8 Å². The van der Waals surface area contributed by atoms with Crippen LogP contribution in [0.2, 0.25) is 0 Å². The fraction of sp³-hybridized carbons (Fsp3) is 0.600. The maximum atomic E-state index is 10.3.